The van der Waals surface area contributed by atoms with E-state index in [4.69, 9.17) is 0 Å². The average Bonchev–Trinajstić information content (AvgIpc) is 3.03. The van der Waals surface area contributed by atoms with Gasteiger partial charge in [0.25, 0.3) is 0 Å². The fourth-order valence-corrected chi connectivity index (χ4v) is 2.57. The normalized spacial score (nSPS) is 16.6. The number of thiol groups is 1. The summed E-state index contributed by atoms with van der Waals surface area (Å²) in [6, 6.07) is 4.21. The van der Waals surface area contributed by atoms with E-state index in [1.807, 2.05) is 0 Å². The largest absolute Gasteiger partial charge is 0.325 e. The number of benzene rings is 1. The maximum Gasteiger partial charge on any atom is 0.224 e. The lowest BCUT2D eigenvalue weighted by Crippen LogP contribution is -2.18. The standard InChI is InChI=1S/C12H13BrFNOS/c13-9-5-8(14)1-2-10(9)15-11(16)6-12(7-17)3-4-12/h1-2,5,17H,3-4,6-7H2,(H,15,16). The molecule has 0 bridgehead atoms. The number of halogens is 2. The second-order valence-electron chi connectivity index (χ2n) is 4.51. The first-order valence-corrected chi connectivity index (χ1v) is 6.83. The van der Waals surface area contributed by atoms with Crippen molar-refractivity contribution in [2.45, 2.75) is 19.3 Å². The Morgan fingerprint density at radius 2 is 2.24 bits per heavy atom. The van der Waals surface area contributed by atoms with Gasteiger partial charge in [-0.1, -0.05) is 0 Å². The van der Waals surface area contributed by atoms with Gasteiger partial charge < -0.3 is 5.32 Å². The van der Waals surface area contributed by atoms with Crippen molar-refractivity contribution in [2.75, 3.05) is 11.1 Å². The van der Waals surface area contributed by atoms with Crippen LogP contribution in [0, 0.1) is 11.2 Å². The van der Waals surface area contributed by atoms with Crippen LogP contribution in [-0.4, -0.2) is 11.7 Å². The predicted molar refractivity (Wildman–Crippen MR) is 72.9 cm³/mol. The molecule has 92 valence electrons. The van der Waals surface area contributed by atoms with E-state index >= 15 is 0 Å². The van der Waals surface area contributed by atoms with Crippen molar-refractivity contribution in [1.82, 2.24) is 0 Å². The smallest absolute Gasteiger partial charge is 0.224 e. The molecule has 2 rings (SSSR count). The van der Waals surface area contributed by atoms with Crippen molar-refractivity contribution in [2.24, 2.45) is 5.41 Å². The number of carbonyl (C=O) groups is 1. The lowest BCUT2D eigenvalue weighted by molar-refractivity contribution is -0.117. The summed E-state index contributed by atoms with van der Waals surface area (Å²) in [6.45, 7) is 0. The van der Waals surface area contributed by atoms with Crippen LogP contribution in [0.4, 0.5) is 10.1 Å². The molecule has 5 heteroatoms. The Balaban J connectivity index is 1.98. The summed E-state index contributed by atoms with van der Waals surface area (Å²) in [5.41, 5.74) is 0.700. The van der Waals surface area contributed by atoms with Gasteiger partial charge in [-0.2, -0.15) is 12.6 Å². The average molecular weight is 318 g/mol. The molecule has 0 aliphatic heterocycles. The van der Waals surface area contributed by atoms with E-state index in [0.717, 1.165) is 18.6 Å². The first-order chi connectivity index (χ1) is 8.04. The summed E-state index contributed by atoms with van der Waals surface area (Å²) in [5.74, 6) is 0.373. The Morgan fingerprint density at radius 3 is 2.76 bits per heavy atom. The summed E-state index contributed by atoms with van der Waals surface area (Å²) in [6.07, 6.45) is 2.61. The SMILES string of the molecule is O=C(CC1(CS)CC1)Nc1ccc(F)cc1Br. The summed E-state index contributed by atoms with van der Waals surface area (Å²) in [5, 5.41) is 2.78. The van der Waals surface area contributed by atoms with Crippen molar-refractivity contribution in [3.8, 4) is 0 Å². The first-order valence-electron chi connectivity index (χ1n) is 5.40. The van der Waals surface area contributed by atoms with Gasteiger partial charge in [-0.3, -0.25) is 4.79 Å². The highest BCUT2D eigenvalue weighted by atomic mass is 79.9. The molecule has 0 spiro atoms. The summed E-state index contributed by atoms with van der Waals surface area (Å²) < 4.78 is 13.4. The highest BCUT2D eigenvalue weighted by Gasteiger charge is 2.42. The van der Waals surface area contributed by atoms with E-state index in [0.29, 0.717) is 16.6 Å². The maximum atomic E-state index is 12.9. The monoisotopic (exact) mass is 317 g/mol. The molecule has 0 heterocycles. The van der Waals surface area contributed by atoms with Gasteiger partial charge in [-0.15, -0.1) is 0 Å². The molecule has 0 aromatic heterocycles. The van der Waals surface area contributed by atoms with E-state index in [1.165, 1.54) is 12.1 Å². The Morgan fingerprint density at radius 1 is 1.53 bits per heavy atom. The molecule has 0 atom stereocenters. The highest BCUT2D eigenvalue weighted by Crippen LogP contribution is 2.49. The predicted octanol–water partition coefficient (Wildman–Crippen LogP) is 3.63. The molecular weight excluding hydrogens is 305 g/mol. The number of anilines is 1. The van der Waals surface area contributed by atoms with Crippen LogP contribution in [0.1, 0.15) is 19.3 Å². The van der Waals surface area contributed by atoms with Crippen molar-refractivity contribution >= 4 is 40.2 Å². The fraction of sp³-hybridized carbons (Fsp3) is 0.417. The van der Waals surface area contributed by atoms with E-state index in [2.05, 4.69) is 33.9 Å². The molecule has 0 radical (unpaired) electrons. The minimum Gasteiger partial charge on any atom is -0.325 e. The van der Waals surface area contributed by atoms with Crippen molar-refractivity contribution in [3.63, 3.8) is 0 Å². The van der Waals surface area contributed by atoms with E-state index in [1.54, 1.807) is 6.07 Å². The van der Waals surface area contributed by atoms with E-state index < -0.39 is 0 Å². The van der Waals surface area contributed by atoms with Crippen molar-refractivity contribution in [3.05, 3.63) is 28.5 Å². The van der Waals surface area contributed by atoms with Crippen molar-refractivity contribution in [1.29, 1.82) is 0 Å². The molecule has 1 amide bonds. The zero-order chi connectivity index (χ0) is 12.5. The lowest BCUT2D eigenvalue weighted by Gasteiger charge is -2.12. The third kappa shape index (κ3) is 3.22. The minimum atomic E-state index is -0.330. The zero-order valence-electron chi connectivity index (χ0n) is 9.17. The Hall–Kier alpha value is -0.550. The second kappa shape index (κ2) is 4.98. The molecule has 1 fully saturated rings. The molecule has 1 aromatic carbocycles. The lowest BCUT2D eigenvalue weighted by atomic mass is 10.1. The fourth-order valence-electron chi connectivity index (χ4n) is 1.69. The molecule has 0 unspecified atom stereocenters. The molecular formula is C12H13BrFNOS. The topological polar surface area (TPSA) is 29.1 Å². The van der Waals surface area contributed by atoms with Crippen LogP contribution in [0.5, 0.6) is 0 Å². The quantitative estimate of drug-likeness (QED) is 0.816. The number of amides is 1. The van der Waals surface area contributed by atoms with Crippen LogP contribution in [0.2, 0.25) is 0 Å². The summed E-state index contributed by atoms with van der Waals surface area (Å²) in [7, 11) is 0. The Kier molecular flexibility index (Phi) is 3.78. The van der Waals surface area contributed by atoms with Gasteiger partial charge in [0, 0.05) is 10.9 Å². The highest BCUT2D eigenvalue weighted by molar-refractivity contribution is 9.10. The molecule has 1 saturated carbocycles. The van der Waals surface area contributed by atoms with Gasteiger partial charge in [-0.25, -0.2) is 4.39 Å². The van der Waals surface area contributed by atoms with Crippen LogP contribution in [-0.2, 0) is 4.79 Å². The molecule has 1 aromatic rings. The van der Waals surface area contributed by atoms with Gasteiger partial charge in [-0.05, 0) is 58.1 Å². The van der Waals surface area contributed by atoms with Crippen LogP contribution in [0.25, 0.3) is 0 Å². The Bertz CT molecular complexity index is 448. The van der Waals surface area contributed by atoms with Crippen LogP contribution < -0.4 is 5.32 Å². The van der Waals surface area contributed by atoms with Gasteiger partial charge in [0.05, 0.1) is 5.69 Å². The van der Waals surface area contributed by atoms with Gasteiger partial charge in [0.2, 0.25) is 5.91 Å². The number of hydrogen-bond donors (Lipinski definition) is 2. The third-order valence-electron chi connectivity index (χ3n) is 3.03. The molecule has 1 N–H and O–H groups in total. The second-order valence-corrected chi connectivity index (χ2v) is 5.68. The molecule has 1 aliphatic carbocycles. The summed E-state index contributed by atoms with van der Waals surface area (Å²) in [4.78, 5) is 11.8. The summed E-state index contributed by atoms with van der Waals surface area (Å²) >= 11 is 7.48. The Labute approximate surface area is 114 Å². The van der Waals surface area contributed by atoms with Crippen LogP contribution in [0.15, 0.2) is 22.7 Å². The number of nitrogens with one attached hydrogen (secondary N) is 1. The number of carbonyl (C=O) groups excluding carboxylic acids is 1. The van der Waals surface area contributed by atoms with Crippen molar-refractivity contribution < 1.29 is 9.18 Å². The third-order valence-corrected chi connectivity index (χ3v) is 4.36. The number of rotatable bonds is 4. The number of hydrogen-bond acceptors (Lipinski definition) is 2. The maximum absolute atomic E-state index is 12.9. The van der Waals surface area contributed by atoms with Gasteiger partial charge in [0.1, 0.15) is 5.82 Å². The first kappa shape index (κ1) is 12.9. The van der Waals surface area contributed by atoms with Gasteiger partial charge >= 0.3 is 0 Å². The van der Waals surface area contributed by atoms with Crippen LogP contribution in [0.3, 0.4) is 0 Å². The molecule has 0 saturated heterocycles. The minimum absolute atomic E-state index is 0.0381. The van der Waals surface area contributed by atoms with Gasteiger partial charge in [0.15, 0.2) is 0 Å². The molecule has 2 nitrogen and oxygen atoms in total. The molecule has 1 aliphatic rings. The van der Waals surface area contributed by atoms with E-state index in [9.17, 15) is 9.18 Å². The van der Waals surface area contributed by atoms with E-state index in [-0.39, 0.29) is 17.1 Å². The van der Waals surface area contributed by atoms with Crippen LogP contribution >= 0.6 is 28.6 Å². The zero-order valence-corrected chi connectivity index (χ0v) is 11.7. The molecule has 17 heavy (non-hydrogen) atoms.